The van der Waals surface area contributed by atoms with Crippen molar-refractivity contribution in [3.8, 4) is 0 Å². The van der Waals surface area contributed by atoms with E-state index >= 15 is 0 Å². The Labute approximate surface area is 233 Å². The first-order valence-corrected chi connectivity index (χ1v) is 12.6. The molecule has 0 radical (unpaired) electrons. The standard InChI is InChI=1S/C26H25Cl2N3O.C2HF3O2/c1-26(15-14-18-8-4-2-5-9-18)23(20-12-13-21(27)22(28)16-20)24(32)31(25(29)30-26)17-19-10-6-3-7-11-19;3-2(4,5)1(6)7/h2-13,16,23H,14-15,17H2,1H3,(H2,29,30);(H,6,7). The number of carbonyl (C=O) groups is 2. The molecule has 2 atom stereocenters. The zero-order valence-electron chi connectivity index (χ0n) is 20.8. The van der Waals surface area contributed by atoms with Crippen LogP contribution < -0.4 is 5.73 Å². The third kappa shape index (κ3) is 7.74. The van der Waals surface area contributed by atoms with Crippen LogP contribution in [-0.2, 0) is 22.6 Å². The van der Waals surface area contributed by atoms with Crippen molar-refractivity contribution in [1.29, 1.82) is 0 Å². The van der Waals surface area contributed by atoms with Crippen LogP contribution in [0.5, 0.6) is 0 Å². The summed E-state index contributed by atoms with van der Waals surface area (Å²) in [6.45, 7) is 2.36. The molecule has 1 heterocycles. The molecule has 6 nitrogen and oxygen atoms in total. The summed E-state index contributed by atoms with van der Waals surface area (Å²) in [4.78, 5) is 29.2. The number of aliphatic imine (C=N–C) groups is 1. The second-order valence-electron chi connectivity index (χ2n) is 9.13. The number of amides is 1. The third-order valence-corrected chi connectivity index (χ3v) is 6.99. The van der Waals surface area contributed by atoms with E-state index in [1.807, 2.05) is 61.5 Å². The Morgan fingerprint density at radius 1 is 1.00 bits per heavy atom. The fraction of sp³-hybridized carbons (Fsp3) is 0.250. The lowest BCUT2D eigenvalue weighted by Gasteiger charge is -2.42. The van der Waals surface area contributed by atoms with E-state index in [0.717, 1.165) is 17.5 Å². The highest BCUT2D eigenvalue weighted by Gasteiger charge is 2.46. The molecule has 0 bridgehead atoms. The molecule has 0 aliphatic carbocycles. The van der Waals surface area contributed by atoms with E-state index in [1.165, 1.54) is 5.56 Å². The van der Waals surface area contributed by atoms with E-state index < -0.39 is 23.6 Å². The third-order valence-electron chi connectivity index (χ3n) is 6.25. The van der Waals surface area contributed by atoms with Crippen LogP contribution in [0.4, 0.5) is 13.2 Å². The molecule has 206 valence electrons. The number of nitrogens with two attached hydrogens (primary N) is 1. The molecular weight excluding hydrogens is 554 g/mol. The molecule has 3 aromatic rings. The minimum Gasteiger partial charge on any atom is -0.475 e. The van der Waals surface area contributed by atoms with Gasteiger partial charge in [0.15, 0.2) is 5.96 Å². The molecular formula is C28H26Cl2F3N3O3. The van der Waals surface area contributed by atoms with Gasteiger partial charge in [0.05, 0.1) is 28.0 Å². The van der Waals surface area contributed by atoms with Crippen molar-refractivity contribution in [3.05, 3.63) is 106 Å². The Bertz CT molecular complexity index is 1340. The van der Waals surface area contributed by atoms with Crippen LogP contribution in [-0.4, -0.2) is 39.6 Å². The number of aryl methyl sites for hydroxylation is 1. The fourth-order valence-corrected chi connectivity index (χ4v) is 4.59. The van der Waals surface area contributed by atoms with Gasteiger partial charge in [0.25, 0.3) is 0 Å². The Balaban J connectivity index is 0.000000532. The van der Waals surface area contributed by atoms with Crippen LogP contribution in [0.3, 0.4) is 0 Å². The monoisotopic (exact) mass is 579 g/mol. The van der Waals surface area contributed by atoms with Gasteiger partial charge in [-0.25, -0.2) is 9.79 Å². The molecule has 3 N–H and O–H groups in total. The predicted molar refractivity (Wildman–Crippen MR) is 145 cm³/mol. The molecule has 1 amide bonds. The van der Waals surface area contributed by atoms with Gasteiger partial charge in [0, 0.05) is 0 Å². The zero-order chi connectivity index (χ0) is 28.8. The lowest BCUT2D eigenvalue weighted by molar-refractivity contribution is -0.192. The second-order valence-corrected chi connectivity index (χ2v) is 9.95. The number of hydrogen-bond acceptors (Lipinski definition) is 4. The second kappa shape index (κ2) is 12.5. The molecule has 3 aromatic carbocycles. The quantitative estimate of drug-likeness (QED) is 0.350. The van der Waals surface area contributed by atoms with E-state index in [-0.39, 0.29) is 11.9 Å². The van der Waals surface area contributed by atoms with Gasteiger partial charge in [-0.1, -0.05) is 89.9 Å². The van der Waals surface area contributed by atoms with E-state index in [1.54, 1.807) is 17.0 Å². The van der Waals surface area contributed by atoms with Crippen LogP contribution >= 0.6 is 23.2 Å². The minimum absolute atomic E-state index is 0.0877. The number of carboxylic acid groups (broad SMARTS) is 1. The van der Waals surface area contributed by atoms with E-state index in [2.05, 4.69) is 12.1 Å². The van der Waals surface area contributed by atoms with E-state index in [0.29, 0.717) is 23.0 Å². The SMILES string of the molecule is CC1(CCc2ccccc2)N=C(N)N(Cc2ccccc2)C(=O)C1c1ccc(Cl)c(Cl)c1.O=C(O)C(F)(F)F. The van der Waals surface area contributed by atoms with Crippen LogP contribution in [0.2, 0.25) is 10.0 Å². The molecule has 0 fully saturated rings. The van der Waals surface area contributed by atoms with Crippen molar-refractivity contribution in [1.82, 2.24) is 4.90 Å². The summed E-state index contributed by atoms with van der Waals surface area (Å²) in [5.41, 5.74) is 8.60. The van der Waals surface area contributed by atoms with Crippen LogP contribution in [0.1, 0.15) is 36.0 Å². The van der Waals surface area contributed by atoms with Gasteiger partial charge in [-0.2, -0.15) is 13.2 Å². The first-order chi connectivity index (χ1) is 18.3. The number of benzene rings is 3. The van der Waals surface area contributed by atoms with Gasteiger partial charge in [-0.15, -0.1) is 0 Å². The number of alkyl halides is 3. The smallest absolute Gasteiger partial charge is 0.475 e. The lowest BCUT2D eigenvalue weighted by Crippen LogP contribution is -2.55. The number of carboxylic acids is 1. The molecule has 11 heteroatoms. The van der Waals surface area contributed by atoms with Crippen molar-refractivity contribution < 1.29 is 27.9 Å². The highest BCUT2D eigenvalue weighted by molar-refractivity contribution is 6.42. The largest absolute Gasteiger partial charge is 0.490 e. The van der Waals surface area contributed by atoms with Crippen molar-refractivity contribution in [2.75, 3.05) is 0 Å². The van der Waals surface area contributed by atoms with Crippen LogP contribution in [0.15, 0.2) is 83.9 Å². The summed E-state index contributed by atoms with van der Waals surface area (Å²) < 4.78 is 31.7. The van der Waals surface area contributed by atoms with Crippen molar-refractivity contribution in [3.63, 3.8) is 0 Å². The van der Waals surface area contributed by atoms with Gasteiger partial charge in [0.1, 0.15) is 0 Å². The average Bonchev–Trinajstić information content (AvgIpc) is 2.88. The molecule has 0 saturated heterocycles. The first kappa shape index (κ1) is 30.0. The van der Waals surface area contributed by atoms with E-state index in [9.17, 15) is 18.0 Å². The Morgan fingerprint density at radius 3 is 2.05 bits per heavy atom. The van der Waals surface area contributed by atoms with E-state index in [4.69, 9.17) is 43.8 Å². The number of nitrogens with zero attached hydrogens (tertiary/aromatic N) is 2. The van der Waals surface area contributed by atoms with Gasteiger partial charge < -0.3 is 10.8 Å². The molecule has 0 saturated carbocycles. The average molecular weight is 580 g/mol. The van der Waals surface area contributed by atoms with Crippen molar-refractivity contribution in [2.24, 2.45) is 10.7 Å². The number of carbonyl (C=O) groups excluding carboxylic acids is 1. The maximum atomic E-state index is 13.9. The fourth-order valence-electron chi connectivity index (χ4n) is 4.28. The summed E-state index contributed by atoms with van der Waals surface area (Å²) in [6, 6.07) is 25.3. The van der Waals surface area contributed by atoms with Crippen molar-refractivity contribution in [2.45, 2.75) is 43.9 Å². The maximum absolute atomic E-state index is 13.9. The maximum Gasteiger partial charge on any atom is 0.490 e. The van der Waals surface area contributed by atoms with Crippen LogP contribution in [0, 0.1) is 0 Å². The number of rotatable bonds is 6. The number of guanidine groups is 1. The van der Waals surface area contributed by atoms with Gasteiger partial charge >= 0.3 is 12.1 Å². The lowest BCUT2D eigenvalue weighted by atomic mass is 9.75. The minimum atomic E-state index is -5.08. The zero-order valence-corrected chi connectivity index (χ0v) is 22.3. The summed E-state index contributed by atoms with van der Waals surface area (Å²) in [5.74, 6) is -3.13. The molecule has 39 heavy (non-hydrogen) atoms. The Morgan fingerprint density at radius 2 is 1.54 bits per heavy atom. The first-order valence-electron chi connectivity index (χ1n) is 11.8. The molecule has 1 aliphatic heterocycles. The molecule has 0 spiro atoms. The molecule has 4 rings (SSSR count). The predicted octanol–water partition coefficient (Wildman–Crippen LogP) is 6.46. The Kier molecular flexibility index (Phi) is 9.63. The van der Waals surface area contributed by atoms with Gasteiger partial charge in [-0.3, -0.25) is 9.69 Å². The number of aliphatic carboxylic acids is 1. The number of halogens is 5. The summed E-state index contributed by atoms with van der Waals surface area (Å²) in [6.07, 6.45) is -3.65. The molecule has 2 unspecified atom stereocenters. The van der Waals surface area contributed by atoms with Crippen LogP contribution in [0.25, 0.3) is 0 Å². The molecule has 0 aromatic heterocycles. The molecule has 1 aliphatic rings. The topological polar surface area (TPSA) is 96.0 Å². The highest BCUT2D eigenvalue weighted by Crippen LogP contribution is 2.41. The Hall–Kier alpha value is -3.56. The summed E-state index contributed by atoms with van der Waals surface area (Å²) in [7, 11) is 0. The van der Waals surface area contributed by atoms with Gasteiger partial charge in [0.2, 0.25) is 5.91 Å². The van der Waals surface area contributed by atoms with Crippen molar-refractivity contribution >= 4 is 41.0 Å². The summed E-state index contributed by atoms with van der Waals surface area (Å²) in [5, 5.41) is 7.99. The summed E-state index contributed by atoms with van der Waals surface area (Å²) >= 11 is 12.5. The number of hydrogen-bond donors (Lipinski definition) is 2. The highest BCUT2D eigenvalue weighted by atomic mass is 35.5. The normalized spacial score (nSPS) is 19.1. The van der Waals surface area contributed by atoms with Gasteiger partial charge in [-0.05, 0) is 48.6 Å².